The Bertz CT molecular complexity index is 957. The summed E-state index contributed by atoms with van der Waals surface area (Å²) in [5, 5.41) is 9.86. The Balaban J connectivity index is 2.28. The van der Waals surface area contributed by atoms with Gasteiger partial charge in [-0.15, -0.1) is 0 Å². The van der Waals surface area contributed by atoms with E-state index in [1.807, 2.05) is 0 Å². The van der Waals surface area contributed by atoms with Crippen LogP contribution in [0, 0.1) is 6.92 Å². The highest BCUT2D eigenvalue weighted by atomic mass is 16.3. The minimum Gasteiger partial charge on any atom is -0.506 e. The SMILES string of the molecule is Cc1cc2c(=O)c(-c3ccc(O)c(N)c3)coc2cc1C=O. The van der Waals surface area contributed by atoms with E-state index in [0.717, 1.165) is 6.29 Å². The molecule has 0 saturated heterocycles. The van der Waals surface area contributed by atoms with Gasteiger partial charge in [-0.05, 0) is 42.3 Å². The van der Waals surface area contributed by atoms with Crippen molar-refractivity contribution in [1.29, 1.82) is 0 Å². The molecule has 5 nitrogen and oxygen atoms in total. The Kier molecular flexibility index (Phi) is 3.18. The first kappa shape index (κ1) is 13.9. The third-order valence-electron chi connectivity index (χ3n) is 3.63. The van der Waals surface area contributed by atoms with Crippen molar-refractivity contribution in [1.82, 2.24) is 0 Å². The summed E-state index contributed by atoms with van der Waals surface area (Å²) < 4.78 is 5.48. The average Bonchev–Trinajstić information content (AvgIpc) is 2.51. The Morgan fingerprint density at radius 2 is 2.00 bits per heavy atom. The second kappa shape index (κ2) is 5.04. The molecule has 0 saturated carbocycles. The number of nitrogen functional groups attached to an aromatic ring is 1. The molecule has 3 rings (SSSR count). The molecule has 110 valence electrons. The number of anilines is 1. The van der Waals surface area contributed by atoms with Crippen LogP contribution >= 0.6 is 0 Å². The van der Waals surface area contributed by atoms with Crippen LogP contribution < -0.4 is 11.2 Å². The molecule has 1 heterocycles. The summed E-state index contributed by atoms with van der Waals surface area (Å²) in [4.78, 5) is 23.6. The first-order chi connectivity index (χ1) is 10.5. The summed E-state index contributed by atoms with van der Waals surface area (Å²) in [5.74, 6) is -0.0413. The molecule has 0 unspecified atom stereocenters. The molecule has 5 heteroatoms. The summed E-state index contributed by atoms with van der Waals surface area (Å²) in [5.41, 5.74) is 8.08. The molecule has 0 aliphatic heterocycles. The minimum atomic E-state index is -0.216. The van der Waals surface area contributed by atoms with Gasteiger partial charge in [-0.2, -0.15) is 0 Å². The van der Waals surface area contributed by atoms with Crippen molar-refractivity contribution in [3.8, 4) is 16.9 Å². The number of hydrogen-bond acceptors (Lipinski definition) is 5. The van der Waals surface area contributed by atoms with Gasteiger partial charge in [0, 0.05) is 5.56 Å². The predicted octanol–water partition coefficient (Wildman–Crippen LogP) is 2.87. The van der Waals surface area contributed by atoms with Crippen LogP contribution in [0.3, 0.4) is 0 Å². The number of carbonyl (C=O) groups is 1. The lowest BCUT2D eigenvalue weighted by molar-refractivity contribution is 0.112. The molecule has 0 spiro atoms. The lowest BCUT2D eigenvalue weighted by Gasteiger charge is -2.06. The van der Waals surface area contributed by atoms with Crippen LogP contribution in [0.15, 0.2) is 45.8 Å². The highest BCUT2D eigenvalue weighted by molar-refractivity contribution is 5.89. The molecule has 2 aromatic carbocycles. The van der Waals surface area contributed by atoms with E-state index in [1.54, 1.807) is 25.1 Å². The summed E-state index contributed by atoms with van der Waals surface area (Å²) in [6.07, 6.45) is 2.06. The van der Waals surface area contributed by atoms with E-state index in [1.165, 1.54) is 18.4 Å². The maximum absolute atomic E-state index is 12.6. The van der Waals surface area contributed by atoms with Gasteiger partial charge >= 0.3 is 0 Å². The third-order valence-corrected chi connectivity index (χ3v) is 3.63. The number of aldehydes is 1. The lowest BCUT2D eigenvalue weighted by atomic mass is 10.0. The summed E-state index contributed by atoms with van der Waals surface area (Å²) in [7, 11) is 0. The van der Waals surface area contributed by atoms with E-state index >= 15 is 0 Å². The molecule has 0 atom stereocenters. The van der Waals surface area contributed by atoms with Crippen LogP contribution in [-0.2, 0) is 0 Å². The quantitative estimate of drug-likeness (QED) is 0.431. The van der Waals surface area contributed by atoms with Crippen LogP contribution in [0.2, 0.25) is 0 Å². The van der Waals surface area contributed by atoms with Crippen LogP contribution in [0.4, 0.5) is 5.69 Å². The number of aromatic hydroxyl groups is 1. The Morgan fingerprint density at radius 3 is 2.68 bits per heavy atom. The fourth-order valence-corrected chi connectivity index (χ4v) is 2.35. The standard InChI is InChI=1S/C17H13NO4/c1-9-4-12-16(6-11(9)7-19)22-8-13(17(12)21)10-2-3-15(20)14(18)5-10/h2-8,20H,18H2,1H3. The molecule has 0 amide bonds. The Hall–Kier alpha value is -3.08. The zero-order valence-electron chi connectivity index (χ0n) is 11.8. The Morgan fingerprint density at radius 1 is 1.23 bits per heavy atom. The summed E-state index contributed by atoms with van der Waals surface area (Å²) in [6, 6.07) is 7.72. The summed E-state index contributed by atoms with van der Waals surface area (Å²) in [6.45, 7) is 1.76. The van der Waals surface area contributed by atoms with Gasteiger partial charge in [0.1, 0.15) is 23.9 Å². The van der Waals surface area contributed by atoms with Crippen molar-refractivity contribution in [2.24, 2.45) is 0 Å². The van der Waals surface area contributed by atoms with Crippen LogP contribution in [-0.4, -0.2) is 11.4 Å². The maximum Gasteiger partial charge on any atom is 0.200 e. The molecule has 0 bridgehead atoms. The molecule has 3 aromatic rings. The second-order valence-electron chi connectivity index (χ2n) is 5.07. The van der Waals surface area contributed by atoms with Gasteiger partial charge in [0.25, 0.3) is 0 Å². The van der Waals surface area contributed by atoms with Crippen molar-refractivity contribution in [3.05, 3.63) is 57.9 Å². The number of phenols is 1. The average molecular weight is 295 g/mol. The second-order valence-corrected chi connectivity index (χ2v) is 5.07. The van der Waals surface area contributed by atoms with E-state index in [-0.39, 0.29) is 16.9 Å². The number of benzene rings is 2. The van der Waals surface area contributed by atoms with Gasteiger partial charge in [0.15, 0.2) is 0 Å². The molecule has 22 heavy (non-hydrogen) atoms. The van der Waals surface area contributed by atoms with E-state index in [4.69, 9.17) is 10.2 Å². The maximum atomic E-state index is 12.6. The molecule has 3 N–H and O–H groups in total. The van der Waals surface area contributed by atoms with Crippen LogP contribution in [0.5, 0.6) is 5.75 Å². The topological polar surface area (TPSA) is 93.5 Å². The fraction of sp³-hybridized carbons (Fsp3) is 0.0588. The smallest absolute Gasteiger partial charge is 0.200 e. The van der Waals surface area contributed by atoms with E-state index < -0.39 is 0 Å². The number of rotatable bonds is 2. The molecular weight excluding hydrogens is 282 g/mol. The number of carbonyl (C=O) groups excluding carboxylic acids is 1. The monoisotopic (exact) mass is 295 g/mol. The first-order valence-electron chi connectivity index (χ1n) is 6.61. The number of fused-ring (bicyclic) bond motifs is 1. The third kappa shape index (κ3) is 2.13. The fourth-order valence-electron chi connectivity index (χ4n) is 2.35. The zero-order chi connectivity index (χ0) is 15.9. The van der Waals surface area contributed by atoms with Gasteiger partial charge in [-0.3, -0.25) is 9.59 Å². The normalized spacial score (nSPS) is 10.8. The van der Waals surface area contributed by atoms with Crippen molar-refractivity contribution < 1.29 is 14.3 Å². The molecule has 0 aliphatic carbocycles. The van der Waals surface area contributed by atoms with Crippen molar-refractivity contribution >= 4 is 22.9 Å². The number of nitrogens with two attached hydrogens (primary N) is 1. The van der Waals surface area contributed by atoms with Crippen LogP contribution in [0.1, 0.15) is 15.9 Å². The van der Waals surface area contributed by atoms with Crippen molar-refractivity contribution in [2.45, 2.75) is 6.92 Å². The minimum absolute atomic E-state index is 0.0413. The van der Waals surface area contributed by atoms with Crippen molar-refractivity contribution in [2.75, 3.05) is 5.73 Å². The van der Waals surface area contributed by atoms with Gasteiger partial charge in [0.2, 0.25) is 5.43 Å². The molecule has 1 aromatic heterocycles. The predicted molar refractivity (Wildman–Crippen MR) is 84.1 cm³/mol. The molecule has 0 fully saturated rings. The number of aryl methyl sites for hydroxylation is 1. The number of phenolic OH excluding ortho intramolecular Hbond substituents is 1. The largest absolute Gasteiger partial charge is 0.506 e. The van der Waals surface area contributed by atoms with Gasteiger partial charge < -0.3 is 15.3 Å². The number of hydrogen-bond donors (Lipinski definition) is 2. The lowest BCUT2D eigenvalue weighted by Crippen LogP contribution is -2.06. The van der Waals surface area contributed by atoms with Gasteiger partial charge in [-0.1, -0.05) is 6.07 Å². The molecule has 0 radical (unpaired) electrons. The summed E-state index contributed by atoms with van der Waals surface area (Å²) >= 11 is 0. The van der Waals surface area contributed by atoms with E-state index in [9.17, 15) is 14.7 Å². The highest BCUT2D eigenvalue weighted by Crippen LogP contribution is 2.27. The first-order valence-corrected chi connectivity index (χ1v) is 6.61. The van der Waals surface area contributed by atoms with Crippen molar-refractivity contribution in [3.63, 3.8) is 0 Å². The molecular formula is C17H13NO4. The van der Waals surface area contributed by atoms with Gasteiger partial charge in [-0.25, -0.2) is 0 Å². The zero-order valence-corrected chi connectivity index (χ0v) is 11.8. The van der Waals surface area contributed by atoms with Gasteiger partial charge in [0.05, 0.1) is 16.6 Å². The van der Waals surface area contributed by atoms with E-state index in [2.05, 4.69) is 0 Å². The van der Waals surface area contributed by atoms with Crippen LogP contribution in [0.25, 0.3) is 22.1 Å². The highest BCUT2D eigenvalue weighted by Gasteiger charge is 2.12. The Labute approximate surface area is 125 Å². The van der Waals surface area contributed by atoms with E-state index in [0.29, 0.717) is 33.2 Å². The molecule has 0 aliphatic rings.